The van der Waals surface area contributed by atoms with Crippen molar-refractivity contribution in [3.63, 3.8) is 0 Å². The number of nitrogens with zero attached hydrogens (tertiary/aromatic N) is 4. The van der Waals surface area contributed by atoms with Crippen molar-refractivity contribution in [2.75, 3.05) is 6.61 Å². The fourth-order valence-electron chi connectivity index (χ4n) is 3.63. The van der Waals surface area contributed by atoms with Crippen LogP contribution in [-0.2, 0) is 20.2 Å². The van der Waals surface area contributed by atoms with E-state index in [0.717, 1.165) is 5.56 Å². The largest absolute Gasteiger partial charge is 0.469 e. The van der Waals surface area contributed by atoms with Crippen molar-refractivity contribution in [3.05, 3.63) is 35.9 Å². The molecule has 12 nitrogen and oxygen atoms in total. The Bertz CT molecular complexity index is 965. The Morgan fingerprint density at radius 1 is 1.23 bits per heavy atom. The van der Waals surface area contributed by atoms with Gasteiger partial charge in [0.25, 0.3) is 0 Å². The van der Waals surface area contributed by atoms with Crippen LogP contribution in [0, 0.1) is 5.41 Å². The van der Waals surface area contributed by atoms with Crippen LogP contribution in [0.15, 0.2) is 45.3 Å². The minimum Gasteiger partial charge on any atom is -0.387 e. The second-order valence-corrected chi connectivity index (χ2v) is 8.29. The van der Waals surface area contributed by atoms with E-state index in [4.69, 9.17) is 19.9 Å². The number of phosphoric ester groups is 1. The summed E-state index contributed by atoms with van der Waals surface area (Å²) >= 11 is 0. The summed E-state index contributed by atoms with van der Waals surface area (Å²) in [7, 11) is -4.77. The minimum absolute atomic E-state index is 0.0375. The molecule has 1 aromatic carbocycles. The molecular weight excluding hydrogens is 417 g/mol. The fraction of sp³-hybridized carbons (Fsp3) is 0.412. The molecule has 4 rings (SSSR count). The number of hydrogen-bond donors (Lipinski definition) is 5. The van der Waals surface area contributed by atoms with E-state index >= 15 is 0 Å². The maximum absolute atomic E-state index is 10.9. The number of fused-ring (bicyclic) bond motifs is 1. The van der Waals surface area contributed by atoms with Gasteiger partial charge in [-0.3, -0.25) is 19.8 Å². The molecule has 13 heteroatoms. The number of aliphatic hydroxyl groups is 2. The van der Waals surface area contributed by atoms with Crippen molar-refractivity contribution in [2.24, 2.45) is 15.0 Å². The molecule has 0 spiro atoms. The van der Waals surface area contributed by atoms with Gasteiger partial charge in [0.05, 0.1) is 12.9 Å². The van der Waals surface area contributed by atoms with Gasteiger partial charge in [-0.25, -0.2) is 14.5 Å². The van der Waals surface area contributed by atoms with Crippen molar-refractivity contribution in [2.45, 2.75) is 36.5 Å². The van der Waals surface area contributed by atoms with Crippen molar-refractivity contribution < 1.29 is 33.8 Å². The molecule has 1 fully saturated rings. The molecular formula is C17H20N5O7P. The summed E-state index contributed by atoms with van der Waals surface area (Å²) in [4.78, 5) is 31.8. The number of phosphoric acid groups is 1. The van der Waals surface area contributed by atoms with Crippen molar-refractivity contribution >= 4 is 32.2 Å². The number of aliphatic hydroxyl groups excluding tert-OH is 2. The van der Waals surface area contributed by atoms with Crippen LogP contribution in [0.25, 0.3) is 0 Å². The first-order chi connectivity index (χ1) is 14.2. The minimum atomic E-state index is -4.77. The summed E-state index contributed by atoms with van der Waals surface area (Å²) in [6, 6.07) is 9.36. The average Bonchev–Trinajstić information content (AvgIpc) is 3.20. The van der Waals surface area contributed by atoms with Crippen LogP contribution >= 0.6 is 7.82 Å². The van der Waals surface area contributed by atoms with Crippen molar-refractivity contribution in [1.82, 2.24) is 4.90 Å². The van der Waals surface area contributed by atoms with Gasteiger partial charge < -0.3 is 24.7 Å². The van der Waals surface area contributed by atoms with Gasteiger partial charge in [0.15, 0.2) is 17.6 Å². The zero-order valence-electron chi connectivity index (χ0n) is 15.5. The van der Waals surface area contributed by atoms with Crippen LogP contribution in [0.5, 0.6) is 0 Å². The van der Waals surface area contributed by atoms with Crippen LogP contribution in [0.3, 0.4) is 0 Å². The highest BCUT2D eigenvalue weighted by atomic mass is 31.2. The maximum atomic E-state index is 10.9. The highest BCUT2D eigenvalue weighted by molar-refractivity contribution is 7.46. The lowest BCUT2D eigenvalue weighted by Crippen LogP contribution is -2.54. The Hall–Kier alpha value is -2.31. The Labute approximate surface area is 171 Å². The molecule has 0 aliphatic carbocycles. The first-order valence-corrected chi connectivity index (χ1v) is 10.5. The molecule has 5 N–H and O–H groups in total. The number of ether oxygens (including phenoxy) is 1. The summed E-state index contributed by atoms with van der Waals surface area (Å²) in [5, 5.41) is 29.1. The number of benzene rings is 1. The second-order valence-electron chi connectivity index (χ2n) is 7.05. The number of rotatable bonds is 6. The van der Waals surface area contributed by atoms with Crippen LogP contribution in [0.2, 0.25) is 0 Å². The predicted octanol–water partition coefficient (Wildman–Crippen LogP) is -0.715. The Balaban J connectivity index is 1.58. The first-order valence-electron chi connectivity index (χ1n) is 9.00. The van der Waals surface area contributed by atoms with Crippen molar-refractivity contribution in [1.29, 1.82) is 5.41 Å². The maximum Gasteiger partial charge on any atom is 0.469 e. The highest BCUT2D eigenvalue weighted by Gasteiger charge is 2.54. The normalized spacial score (nSPS) is 33.1. The monoisotopic (exact) mass is 437 g/mol. The summed E-state index contributed by atoms with van der Waals surface area (Å²) < 4.78 is 21.0. The summed E-state index contributed by atoms with van der Waals surface area (Å²) in [5.41, 5.74) is -0.322. The molecule has 1 unspecified atom stereocenters. The van der Waals surface area contributed by atoms with Gasteiger partial charge in [0, 0.05) is 6.42 Å². The Morgan fingerprint density at radius 2 is 1.97 bits per heavy atom. The zero-order valence-corrected chi connectivity index (χ0v) is 16.4. The summed E-state index contributed by atoms with van der Waals surface area (Å²) in [5.74, 6) is 0.253. The second kappa shape index (κ2) is 7.75. The van der Waals surface area contributed by atoms with E-state index in [1.54, 1.807) is 0 Å². The van der Waals surface area contributed by atoms with Gasteiger partial charge in [0.1, 0.15) is 30.5 Å². The molecule has 0 aromatic heterocycles. The van der Waals surface area contributed by atoms with Gasteiger partial charge in [0.2, 0.25) is 0 Å². The molecule has 5 atom stereocenters. The molecule has 3 aliphatic rings. The predicted molar refractivity (Wildman–Crippen MR) is 106 cm³/mol. The smallest absolute Gasteiger partial charge is 0.387 e. The molecule has 3 heterocycles. The number of amidine groups is 2. The number of nitrogens with one attached hydrogen (secondary N) is 1. The molecule has 0 saturated carbocycles. The standard InChI is InChI=1S/C17H20N5O7P/c18-15-17(6-10-4-2-1-3-5-10)16(20-8-19-15)22(9-21-17)14-13(24)12(23)11(29-14)7-28-30(25,26)27/h1-5,8-9,11-14,18,23-24H,6-7H2,(H2,25,26,27)/t11-,12-,13-,14-,17?/m1/s1. The SMILES string of the molecule is N=C1N=CN=C2N([C@@H]3O[C@H](COP(=O)(O)O)[C@@H](O)[C@H]3O)C=NC12Cc1ccccc1. The fourth-order valence-corrected chi connectivity index (χ4v) is 3.97. The van der Waals surface area contributed by atoms with Gasteiger partial charge in [-0.1, -0.05) is 30.3 Å². The van der Waals surface area contributed by atoms with Crippen LogP contribution in [0.1, 0.15) is 5.56 Å². The molecule has 3 aliphatic heterocycles. The summed E-state index contributed by atoms with van der Waals surface area (Å²) in [6.07, 6.45) is -2.38. The van der Waals surface area contributed by atoms with Crippen LogP contribution in [-0.4, -0.2) is 85.9 Å². The third-order valence-electron chi connectivity index (χ3n) is 5.10. The third kappa shape index (κ3) is 3.74. The first kappa shape index (κ1) is 20.9. The molecule has 1 saturated heterocycles. The van der Waals surface area contributed by atoms with Gasteiger partial charge >= 0.3 is 7.82 Å². The molecule has 30 heavy (non-hydrogen) atoms. The Morgan fingerprint density at radius 3 is 2.67 bits per heavy atom. The number of hydrogen-bond acceptors (Lipinski definition) is 9. The van der Waals surface area contributed by atoms with Gasteiger partial charge in [-0.15, -0.1) is 0 Å². The van der Waals surface area contributed by atoms with E-state index in [1.165, 1.54) is 17.6 Å². The quantitative estimate of drug-likeness (QED) is 0.362. The highest BCUT2D eigenvalue weighted by Crippen LogP contribution is 2.38. The third-order valence-corrected chi connectivity index (χ3v) is 5.58. The van der Waals surface area contributed by atoms with E-state index in [1.807, 2.05) is 30.3 Å². The van der Waals surface area contributed by atoms with E-state index in [-0.39, 0.29) is 5.84 Å². The van der Waals surface area contributed by atoms with Crippen molar-refractivity contribution in [3.8, 4) is 0 Å². The van der Waals surface area contributed by atoms with Gasteiger partial charge in [-0.05, 0) is 5.56 Å². The topological polar surface area (TPSA) is 181 Å². The molecule has 1 aromatic rings. The molecule has 0 radical (unpaired) electrons. The molecule has 0 bridgehead atoms. The lowest BCUT2D eigenvalue weighted by molar-refractivity contribution is -0.0505. The van der Waals surface area contributed by atoms with Crippen LogP contribution < -0.4 is 0 Å². The number of aliphatic imine (C=N–C) groups is 3. The van der Waals surface area contributed by atoms with E-state index in [2.05, 4.69) is 19.5 Å². The van der Waals surface area contributed by atoms with E-state index in [9.17, 15) is 14.8 Å². The molecule has 0 amide bonds. The van der Waals surface area contributed by atoms with Crippen LogP contribution in [0.4, 0.5) is 0 Å². The Kier molecular flexibility index (Phi) is 5.41. The summed E-state index contributed by atoms with van der Waals surface area (Å²) in [6.45, 7) is -0.622. The lowest BCUT2D eigenvalue weighted by Gasteiger charge is -2.33. The molecule has 160 valence electrons. The average molecular weight is 437 g/mol. The van der Waals surface area contributed by atoms with Gasteiger partial charge in [-0.2, -0.15) is 0 Å². The van der Waals surface area contributed by atoms with E-state index < -0.39 is 44.5 Å². The zero-order chi connectivity index (χ0) is 21.5. The lowest BCUT2D eigenvalue weighted by atomic mass is 9.88. The van der Waals surface area contributed by atoms with E-state index in [0.29, 0.717) is 12.3 Å².